The number of benzene rings is 1. The maximum absolute atomic E-state index is 13.3. The molecule has 1 aromatic carbocycles. The van der Waals surface area contributed by atoms with E-state index >= 15 is 0 Å². The normalized spacial score (nSPS) is 20.7. The van der Waals surface area contributed by atoms with Gasteiger partial charge in [-0.05, 0) is 49.7 Å². The van der Waals surface area contributed by atoms with Crippen molar-refractivity contribution >= 4 is 14.6 Å². The molecule has 24 heavy (non-hydrogen) atoms. The van der Waals surface area contributed by atoms with Crippen molar-refractivity contribution in [2.45, 2.75) is 77.5 Å². The van der Waals surface area contributed by atoms with Gasteiger partial charge in [-0.25, -0.2) is 0 Å². The highest BCUT2D eigenvalue weighted by Gasteiger charge is 2.48. The Hall–Kier alpha value is -0.880. The quantitative estimate of drug-likeness (QED) is 0.490. The van der Waals surface area contributed by atoms with Gasteiger partial charge in [-0.1, -0.05) is 64.4 Å². The number of ether oxygens (including phenoxy) is 1. The second-order valence-electron chi connectivity index (χ2n) is 8.22. The van der Waals surface area contributed by atoms with Crippen LogP contribution in [-0.4, -0.2) is 17.3 Å². The Morgan fingerprint density at radius 2 is 1.67 bits per heavy atom. The Bertz CT molecular complexity index is 541. The summed E-state index contributed by atoms with van der Waals surface area (Å²) >= 11 is 0. The molecule has 0 radical (unpaired) electrons. The van der Waals surface area contributed by atoms with Crippen LogP contribution in [0.15, 0.2) is 30.3 Å². The molecule has 1 aromatic rings. The highest BCUT2D eigenvalue weighted by molar-refractivity contribution is 7.41. The molecule has 1 aliphatic carbocycles. The predicted octanol–water partition coefficient (Wildman–Crippen LogP) is 5.89. The van der Waals surface area contributed by atoms with Crippen molar-refractivity contribution in [1.29, 1.82) is 0 Å². The summed E-state index contributed by atoms with van der Waals surface area (Å²) in [5.74, 6) is -0.0130. The van der Waals surface area contributed by atoms with Gasteiger partial charge in [0.05, 0.1) is 5.16 Å². The third-order valence-corrected chi connectivity index (χ3v) is 7.70. The van der Waals surface area contributed by atoms with Crippen LogP contribution in [0.4, 0.5) is 0 Å². The molecule has 0 heterocycles. The predicted molar refractivity (Wildman–Crippen MR) is 104 cm³/mol. The molecule has 3 heteroatoms. The Labute approximate surface area is 149 Å². The van der Waals surface area contributed by atoms with E-state index < -0.39 is 10.8 Å². The van der Waals surface area contributed by atoms with Gasteiger partial charge in [0.15, 0.2) is 0 Å². The van der Waals surface area contributed by atoms with Crippen LogP contribution >= 0.6 is 8.58 Å². The second-order valence-corrected chi connectivity index (χ2v) is 10.3. The zero-order chi connectivity index (χ0) is 17.8. The minimum atomic E-state index is -0.430. The van der Waals surface area contributed by atoms with Gasteiger partial charge >= 0.3 is 5.97 Å². The molecule has 0 amide bonds. The third-order valence-electron chi connectivity index (χ3n) is 5.69. The van der Waals surface area contributed by atoms with E-state index in [4.69, 9.17) is 4.74 Å². The smallest absolute Gasteiger partial charge is 0.317 e. The monoisotopic (exact) mass is 348 g/mol. The van der Waals surface area contributed by atoms with Crippen LogP contribution < -0.4 is 0 Å². The molecule has 0 bridgehead atoms. The molecule has 0 N–H and O–H groups in total. The maximum Gasteiger partial charge on any atom is 0.317 e. The first-order valence-corrected chi connectivity index (χ1v) is 10.5. The lowest BCUT2D eigenvalue weighted by Crippen LogP contribution is -2.48. The lowest BCUT2D eigenvalue weighted by Gasteiger charge is -2.44. The molecule has 0 aromatic heterocycles. The molecule has 1 saturated carbocycles. The SMILES string of the molecule is CCPC(C)(C(=O)OC1(c2ccccc2)CCCCC1)C(C)(C)C. The molecule has 0 spiro atoms. The average molecular weight is 348 g/mol. The highest BCUT2D eigenvalue weighted by Crippen LogP contribution is 2.49. The van der Waals surface area contributed by atoms with E-state index in [1.165, 1.54) is 6.42 Å². The minimum absolute atomic E-state index is 0.0130. The summed E-state index contributed by atoms with van der Waals surface area (Å²) in [6.45, 7) is 10.7. The second kappa shape index (κ2) is 7.56. The van der Waals surface area contributed by atoms with Gasteiger partial charge in [0.1, 0.15) is 5.60 Å². The van der Waals surface area contributed by atoms with Gasteiger partial charge in [-0.15, -0.1) is 8.58 Å². The molecular formula is C21H33O2P. The van der Waals surface area contributed by atoms with Crippen LogP contribution in [0, 0.1) is 5.41 Å². The summed E-state index contributed by atoms with van der Waals surface area (Å²) in [6.07, 6.45) is 6.39. The molecule has 0 saturated heterocycles. The lowest BCUT2D eigenvalue weighted by atomic mass is 9.78. The lowest BCUT2D eigenvalue weighted by molar-refractivity contribution is -0.171. The van der Waals surface area contributed by atoms with Gasteiger partial charge in [0, 0.05) is 0 Å². The first-order valence-electron chi connectivity index (χ1n) is 9.29. The van der Waals surface area contributed by atoms with Gasteiger partial charge in [-0.2, -0.15) is 0 Å². The molecule has 0 aliphatic heterocycles. The number of hydrogen-bond acceptors (Lipinski definition) is 2. The van der Waals surface area contributed by atoms with Gasteiger partial charge in [0.25, 0.3) is 0 Å². The minimum Gasteiger partial charge on any atom is -0.453 e. The van der Waals surface area contributed by atoms with E-state index in [1.54, 1.807) is 0 Å². The van der Waals surface area contributed by atoms with Crippen molar-refractivity contribution in [2.75, 3.05) is 6.16 Å². The Morgan fingerprint density at radius 3 is 2.17 bits per heavy atom. The fraction of sp³-hybridized carbons (Fsp3) is 0.667. The maximum atomic E-state index is 13.3. The molecule has 2 nitrogen and oxygen atoms in total. The first kappa shape index (κ1) is 19.4. The van der Waals surface area contributed by atoms with Gasteiger partial charge < -0.3 is 4.74 Å². The average Bonchev–Trinajstić information content (AvgIpc) is 2.55. The van der Waals surface area contributed by atoms with Crippen LogP contribution in [0.1, 0.15) is 72.3 Å². The van der Waals surface area contributed by atoms with Crippen molar-refractivity contribution in [1.82, 2.24) is 0 Å². The van der Waals surface area contributed by atoms with Crippen molar-refractivity contribution in [3.8, 4) is 0 Å². The fourth-order valence-corrected chi connectivity index (χ4v) is 5.02. The fourth-order valence-electron chi connectivity index (χ4n) is 3.59. The topological polar surface area (TPSA) is 26.3 Å². The summed E-state index contributed by atoms with van der Waals surface area (Å²) in [7, 11) is 0.581. The van der Waals surface area contributed by atoms with Crippen LogP contribution in [-0.2, 0) is 15.1 Å². The first-order chi connectivity index (χ1) is 11.3. The molecule has 1 aliphatic rings. The van der Waals surface area contributed by atoms with E-state index in [1.807, 2.05) is 6.07 Å². The number of hydrogen-bond donors (Lipinski definition) is 0. The van der Waals surface area contributed by atoms with E-state index in [2.05, 4.69) is 58.9 Å². The van der Waals surface area contributed by atoms with E-state index in [0.717, 1.165) is 37.4 Å². The molecule has 1 fully saturated rings. The summed E-state index contributed by atoms with van der Waals surface area (Å²) in [6, 6.07) is 10.4. The largest absolute Gasteiger partial charge is 0.453 e. The molecular weight excluding hydrogens is 315 g/mol. The van der Waals surface area contributed by atoms with Crippen LogP contribution in [0.3, 0.4) is 0 Å². The van der Waals surface area contributed by atoms with Gasteiger partial charge in [0.2, 0.25) is 0 Å². The van der Waals surface area contributed by atoms with Crippen molar-refractivity contribution in [2.24, 2.45) is 5.41 Å². The molecule has 2 unspecified atom stereocenters. The summed E-state index contributed by atoms with van der Waals surface area (Å²) in [5.41, 5.74) is 0.626. The van der Waals surface area contributed by atoms with Crippen molar-refractivity contribution in [3.05, 3.63) is 35.9 Å². The Kier molecular flexibility index (Phi) is 6.13. The number of rotatable bonds is 5. The Balaban J connectivity index is 2.34. The van der Waals surface area contributed by atoms with E-state index in [9.17, 15) is 4.79 Å². The number of carbonyl (C=O) groups is 1. The summed E-state index contributed by atoms with van der Waals surface area (Å²) < 4.78 is 6.38. The van der Waals surface area contributed by atoms with Crippen LogP contribution in [0.25, 0.3) is 0 Å². The highest BCUT2D eigenvalue weighted by atomic mass is 31.1. The van der Waals surface area contributed by atoms with Crippen LogP contribution in [0.5, 0.6) is 0 Å². The number of esters is 1. The van der Waals surface area contributed by atoms with Crippen molar-refractivity contribution in [3.63, 3.8) is 0 Å². The Morgan fingerprint density at radius 1 is 1.08 bits per heavy atom. The summed E-state index contributed by atoms with van der Waals surface area (Å²) in [5, 5.41) is -0.430. The van der Waals surface area contributed by atoms with Crippen molar-refractivity contribution < 1.29 is 9.53 Å². The molecule has 2 atom stereocenters. The number of carbonyl (C=O) groups excluding carboxylic acids is 1. The van der Waals surface area contributed by atoms with Gasteiger partial charge in [-0.3, -0.25) is 4.79 Å². The molecule has 134 valence electrons. The molecule has 2 rings (SSSR count). The summed E-state index contributed by atoms with van der Waals surface area (Å²) in [4.78, 5) is 13.3. The van der Waals surface area contributed by atoms with Crippen LogP contribution in [0.2, 0.25) is 0 Å². The standard InChI is InChI=1S/C21H33O2P/c1-6-24-20(5,19(2,3)4)18(22)23-21(15-11-8-12-16-21)17-13-9-7-10-14-17/h7,9-10,13-14,24H,6,8,11-12,15-16H2,1-5H3. The van der Waals surface area contributed by atoms with E-state index in [0.29, 0.717) is 8.58 Å². The third kappa shape index (κ3) is 3.85. The zero-order valence-electron chi connectivity index (χ0n) is 15.9. The van der Waals surface area contributed by atoms with E-state index in [-0.39, 0.29) is 11.4 Å². The zero-order valence-corrected chi connectivity index (χ0v) is 16.9.